The van der Waals surface area contributed by atoms with Crippen LogP contribution >= 0.6 is 0 Å². The molecule has 1 fully saturated rings. The predicted molar refractivity (Wildman–Crippen MR) is 53.5 cm³/mol. The van der Waals surface area contributed by atoms with Gasteiger partial charge < -0.3 is 10.2 Å². The van der Waals surface area contributed by atoms with Crippen molar-refractivity contribution in [2.45, 2.75) is 32.4 Å². The largest absolute Gasteiger partial charge is 0.338 e. The lowest BCUT2D eigenvalue weighted by atomic mass is 10.2. The third kappa shape index (κ3) is 2.56. The first kappa shape index (κ1) is 10.3. The average Bonchev–Trinajstić information content (AvgIpc) is 2.36. The molecule has 1 N–H and O–H groups in total. The summed E-state index contributed by atoms with van der Waals surface area (Å²) in [4.78, 5) is 13.5. The van der Waals surface area contributed by atoms with Crippen LogP contribution < -0.4 is 5.32 Å². The van der Waals surface area contributed by atoms with Gasteiger partial charge in [0.15, 0.2) is 0 Å². The summed E-state index contributed by atoms with van der Waals surface area (Å²) < 4.78 is 0. The Morgan fingerprint density at radius 1 is 1.77 bits per heavy atom. The number of hydrogen-bond acceptors (Lipinski definition) is 2. The lowest BCUT2D eigenvalue weighted by Crippen LogP contribution is -2.41. The van der Waals surface area contributed by atoms with Gasteiger partial charge in [-0.25, -0.2) is 0 Å². The maximum absolute atomic E-state index is 11.6. The van der Waals surface area contributed by atoms with Crippen molar-refractivity contribution >= 4 is 5.91 Å². The third-order valence-electron chi connectivity index (χ3n) is 2.18. The van der Waals surface area contributed by atoms with Crippen LogP contribution in [-0.4, -0.2) is 36.0 Å². The molecule has 0 aromatic rings. The lowest BCUT2D eigenvalue weighted by molar-refractivity contribution is -0.129. The molecule has 13 heavy (non-hydrogen) atoms. The van der Waals surface area contributed by atoms with Crippen LogP contribution in [0, 0.1) is 0 Å². The SMILES string of the molecule is C=CCN1CCC(NC(C)C)C1=O. The fourth-order valence-corrected chi connectivity index (χ4v) is 1.63. The molecular weight excluding hydrogens is 164 g/mol. The van der Waals surface area contributed by atoms with Gasteiger partial charge in [-0.1, -0.05) is 19.9 Å². The average molecular weight is 182 g/mol. The van der Waals surface area contributed by atoms with Crippen LogP contribution in [0.15, 0.2) is 12.7 Å². The summed E-state index contributed by atoms with van der Waals surface area (Å²) in [6, 6.07) is 0.401. The quantitative estimate of drug-likeness (QED) is 0.651. The Morgan fingerprint density at radius 3 is 3.00 bits per heavy atom. The van der Waals surface area contributed by atoms with E-state index in [-0.39, 0.29) is 11.9 Å². The second kappa shape index (κ2) is 4.42. The predicted octanol–water partition coefficient (Wildman–Crippen LogP) is 0.771. The molecule has 74 valence electrons. The van der Waals surface area contributed by atoms with Crippen LogP contribution in [0.25, 0.3) is 0 Å². The smallest absolute Gasteiger partial charge is 0.240 e. The molecule has 0 bridgehead atoms. The van der Waals surface area contributed by atoms with Crippen LogP contribution in [0.4, 0.5) is 0 Å². The summed E-state index contributed by atoms with van der Waals surface area (Å²) in [6.45, 7) is 9.28. The molecule has 1 aliphatic heterocycles. The Hall–Kier alpha value is -0.830. The zero-order valence-corrected chi connectivity index (χ0v) is 8.42. The van der Waals surface area contributed by atoms with E-state index in [0.29, 0.717) is 12.6 Å². The Labute approximate surface area is 79.8 Å². The Morgan fingerprint density at radius 2 is 2.46 bits per heavy atom. The van der Waals surface area contributed by atoms with E-state index in [1.54, 1.807) is 6.08 Å². The van der Waals surface area contributed by atoms with E-state index in [9.17, 15) is 4.79 Å². The second-order valence-electron chi connectivity index (χ2n) is 3.74. The fraction of sp³-hybridized carbons (Fsp3) is 0.700. The Bertz CT molecular complexity index is 201. The van der Waals surface area contributed by atoms with Crippen LogP contribution in [0.5, 0.6) is 0 Å². The Balaban J connectivity index is 2.45. The van der Waals surface area contributed by atoms with Gasteiger partial charge in [0, 0.05) is 19.1 Å². The maximum atomic E-state index is 11.6. The molecule has 0 aliphatic carbocycles. The van der Waals surface area contributed by atoms with E-state index in [1.165, 1.54) is 0 Å². The zero-order valence-electron chi connectivity index (χ0n) is 8.42. The molecule has 1 atom stereocenters. The number of rotatable bonds is 4. The summed E-state index contributed by atoms with van der Waals surface area (Å²) in [5, 5.41) is 3.25. The van der Waals surface area contributed by atoms with Crippen LogP contribution in [-0.2, 0) is 4.79 Å². The van der Waals surface area contributed by atoms with E-state index in [1.807, 2.05) is 4.90 Å². The van der Waals surface area contributed by atoms with Gasteiger partial charge in [0.1, 0.15) is 0 Å². The van der Waals surface area contributed by atoms with Crippen LogP contribution in [0.1, 0.15) is 20.3 Å². The van der Waals surface area contributed by atoms with Gasteiger partial charge in [0.2, 0.25) is 5.91 Å². The summed E-state index contributed by atoms with van der Waals surface area (Å²) in [5.74, 6) is 0.216. The molecule has 1 rings (SSSR count). The molecule has 3 nitrogen and oxygen atoms in total. The van der Waals surface area contributed by atoms with E-state index in [2.05, 4.69) is 25.7 Å². The van der Waals surface area contributed by atoms with Gasteiger partial charge >= 0.3 is 0 Å². The summed E-state index contributed by atoms with van der Waals surface area (Å²) in [6.07, 6.45) is 2.69. The number of hydrogen-bond donors (Lipinski definition) is 1. The molecule has 0 aromatic carbocycles. The normalized spacial score (nSPS) is 22.8. The van der Waals surface area contributed by atoms with Crippen molar-refractivity contribution in [3.05, 3.63) is 12.7 Å². The molecule has 0 radical (unpaired) electrons. The molecule has 0 aromatic heterocycles. The van der Waals surface area contributed by atoms with Gasteiger partial charge in [-0.05, 0) is 6.42 Å². The van der Waals surface area contributed by atoms with Crippen molar-refractivity contribution in [3.63, 3.8) is 0 Å². The molecule has 0 saturated carbocycles. The zero-order chi connectivity index (χ0) is 9.84. The number of likely N-dealkylation sites (tertiary alicyclic amines) is 1. The molecule has 0 spiro atoms. The minimum absolute atomic E-state index is 0.0277. The molecule has 1 aliphatic rings. The van der Waals surface area contributed by atoms with Gasteiger partial charge in [-0.15, -0.1) is 6.58 Å². The Kier molecular flexibility index (Phi) is 3.48. The number of nitrogens with one attached hydrogen (secondary N) is 1. The summed E-state index contributed by atoms with van der Waals surface area (Å²) >= 11 is 0. The van der Waals surface area contributed by atoms with Gasteiger partial charge in [0.05, 0.1) is 6.04 Å². The lowest BCUT2D eigenvalue weighted by Gasteiger charge is -2.16. The van der Waals surface area contributed by atoms with Gasteiger partial charge in [0.25, 0.3) is 0 Å². The third-order valence-corrected chi connectivity index (χ3v) is 2.18. The number of carbonyl (C=O) groups excluding carboxylic acids is 1. The van der Waals surface area contributed by atoms with Crippen LogP contribution in [0.3, 0.4) is 0 Å². The highest BCUT2D eigenvalue weighted by atomic mass is 16.2. The van der Waals surface area contributed by atoms with E-state index in [4.69, 9.17) is 0 Å². The highest BCUT2D eigenvalue weighted by Crippen LogP contribution is 2.11. The van der Waals surface area contributed by atoms with Crippen molar-refractivity contribution in [3.8, 4) is 0 Å². The number of nitrogens with zero attached hydrogens (tertiary/aromatic N) is 1. The highest BCUT2D eigenvalue weighted by molar-refractivity contribution is 5.84. The minimum atomic E-state index is 0.0277. The van der Waals surface area contributed by atoms with Gasteiger partial charge in [-0.2, -0.15) is 0 Å². The fourth-order valence-electron chi connectivity index (χ4n) is 1.63. The monoisotopic (exact) mass is 182 g/mol. The van der Waals surface area contributed by atoms with E-state index < -0.39 is 0 Å². The second-order valence-corrected chi connectivity index (χ2v) is 3.74. The van der Waals surface area contributed by atoms with Gasteiger partial charge in [-0.3, -0.25) is 4.79 Å². The highest BCUT2D eigenvalue weighted by Gasteiger charge is 2.30. The number of amides is 1. The van der Waals surface area contributed by atoms with Crippen molar-refractivity contribution in [2.24, 2.45) is 0 Å². The van der Waals surface area contributed by atoms with E-state index >= 15 is 0 Å². The van der Waals surface area contributed by atoms with Crippen LogP contribution in [0.2, 0.25) is 0 Å². The van der Waals surface area contributed by atoms with Crippen molar-refractivity contribution in [1.82, 2.24) is 10.2 Å². The topological polar surface area (TPSA) is 32.3 Å². The minimum Gasteiger partial charge on any atom is -0.338 e. The first-order valence-electron chi connectivity index (χ1n) is 4.81. The van der Waals surface area contributed by atoms with E-state index in [0.717, 1.165) is 13.0 Å². The molecule has 1 amide bonds. The molecule has 1 unspecified atom stereocenters. The standard InChI is InChI=1S/C10H18N2O/c1-4-6-12-7-5-9(10(12)13)11-8(2)3/h4,8-9,11H,1,5-7H2,2-3H3. The summed E-state index contributed by atoms with van der Waals surface area (Å²) in [7, 11) is 0. The van der Waals surface area contributed by atoms with Crippen molar-refractivity contribution in [1.29, 1.82) is 0 Å². The maximum Gasteiger partial charge on any atom is 0.240 e. The molecule has 3 heteroatoms. The first-order chi connectivity index (χ1) is 6.15. The molecular formula is C10H18N2O. The first-order valence-corrected chi connectivity index (χ1v) is 4.81. The van der Waals surface area contributed by atoms with Crippen molar-refractivity contribution < 1.29 is 4.79 Å². The number of carbonyl (C=O) groups is 1. The van der Waals surface area contributed by atoms with Crippen molar-refractivity contribution in [2.75, 3.05) is 13.1 Å². The summed E-state index contributed by atoms with van der Waals surface area (Å²) in [5.41, 5.74) is 0. The molecule has 1 heterocycles. The molecule has 1 saturated heterocycles.